The van der Waals surface area contributed by atoms with Crippen LogP contribution in [0, 0.1) is 0 Å². The molecule has 0 saturated heterocycles. The number of nitrogens with zero attached hydrogens (tertiary/aromatic N) is 3. The van der Waals surface area contributed by atoms with Crippen molar-refractivity contribution in [3.8, 4) is 11.4 Å². The van der Waals surface area contributed by atoms with Crippen molar-refractivity contribution in [1.82, 2.24) is 15.0 Å². The standard InChI is InChI=1S/C9H9ClN6/c10-5-3-4(1-2-6(5)11)7-14-8(12)16-9(13)15-7/h1-3H,11H2,(H4,12,13,14,15,16). The zero-order valence-corrected chi connectivity index (χ0v) is 8.94. The van der Waals surface area contributed by atoms with Crippen LogP contribution in [0.15, 0.2) is 18.2 Å². The van der Waals surface area contributed by atoms with Gasteiger partial charge in [-0.1, -0.05) is 11.6 Å². The van der Waals surface area contributed by atoms with Gasteiger partial charge in [-0.25, -0.2) is 0 Å². The molecule has 6 N–H and O–H groups in total. The lowest BCUT2D eigenvalue weighted by atomic mass is 10.2. The number of nitrogen functional groups attached to an aromatic ring is 3. The normalized spacial score (nSPS) is 10.3. The van der Waals surface area contributed by atoms with Gasteiger partial charge in [-0.15, -0.1) is 0 Å². The molecule has 0 atom stereocenters. The van der Waals surface area contributed by atoms with Gasteiger partial charge in [0.05, 0.1) is 10.7 Å². The summed E-state index contributed by atoms with van der Waals surface area (Å²) >= 11 is 5.88. The third-order valence-corrected chi connectivity index (χ3v) is 2.26. The van der Waals surface area contributed by atoms with Crippen molar-refractivity contribution in [2.75, 3.05) is 17.2 Å². The second-order valence-corrected chi connectivity index (χ2v) is 3.52. The molecule has 0 unspecified atom stereocenters. The molecular weight excluding hydrogens is 228 g/mol. The van der Waals surface area contributed by atoms with E-state index in [1.807, 2.05) is 0 Å². The Morgan fingerprint density at radius 1 is 0.938 bits per heavy atom. The third-order valence-electron chi connectivity index (χ3n) is 1.93. The van der Waals surface area contributed by atoms with Crippen molar-refractivity contribution < 1.29 is 0 Å². The van der Waals surface area contributed by atoms with Crippen LogP contribution < -0.4 is 17.2 Å². The van der Waals surface area contributed by atoms with E-state index < -0.39 is 0 Å². The van der Waals surface area contributed by atoms with Crippen LogP contribution in [0.4, 0.5) is 17.6 Å². The number of aromatic nitrogens is 3. The Morgan fingerprint density at radius 3 is 2.12 bits per heavy atom. The molecule has 0 aliphatic rings. The van der Waals surface area contributed by atoms with Gasteiger partial charge in [-0.05, 0) is 18.2 Å². The summed E-state index contributed by atoms with van der Waals surface area (Å²) in [5.74, 6) is 0.498. The molecule has 0 fully saturated rings. The second-order valence-electron chi connectivity index (χ2n) is 3.11. The molecule has 0 amide bonds. The van der Waals surface area contributed by atoms with Crippen molar-refractivity contribution in [2.24, 2.45) is 0 Å². The average Bonchev–Trinajstić information content (AvgIpc) is 2.20. The van der Waals surface area contributed by atoms with E-state index in [0.717, 1.165) is 0 Å². The molecule has 2 aromatic rings. The minimum absolute atomic E-state index is 0.0652. The molecule has 16 heavy (non-hydrogen) atoms. The molecule has 0 saturated carbocycles. The van der Waals surface area contributed by atoms with Gasteiger partial charge in [0, 0.05) is 5.56 Å². The fourth-order valence-corrected chi connectivity index (χ4v) is 1.39. The van der Waals surface area contributed by atoms with E-state index in [9.17, 15) is 0 Å². The lowest BCUT2D eigenvalue weighted by molar-refractivity contribution is 1.09. The van der Waals surface area contributed by atoms with Crippen LogP contribution in [-0.2, 0) is 0 Å². The molecule has 6 nitrogen and oxygen atoms in total. The summed E-state index contributed by atoms with van der Waals surface area (Å²) in [6, 6.07) is 5.04. The van der Waals surface area contributed by atoms with E-state index in [0.29, 0.717) is 22.1 Å². The minimum atomic E-state index is 0.0652. The Bertz CT molecular complexity index is 521. The van der Waals surface area contributed by atoms with Crippen LogP contribution in [0.25, 0.3) is 11.4 Å². The Balaban J connectivity index is 2.54. The number of benzene rings is 1. The molecule has 0 aliphatic heterocycles. The molecular formula is C9H9ClN6. The second kappa shape index (κ2) is 3.82. The quantitative estimate of drug-likeness (QED) is 0.635. The van der Waals surface area contributed by atoms with Crippen LogP contribution in [0.2, 0.25) is 5.02 Å². The zero-order chi connectivity index (χ0) is 11.7. The molecule has 0 aliphatic carbocycles. The molecule has 1 aromatic carbocycles. The van der Waals surface area contributed by atoms with Gasteiger partial charge >= 0.3 is 0 Å². The van der Waals surface area contributed by atoms with Crippen LogP contribution in [0.5, 0.6) is 0 Å². The highest BCUT2D eigenvalue weighted by molar-refractivity contribution is 6.33. The van der Waals surface area contributed by atoms with E-state index in [4.69, 9.17) is 28.8 Å². The maximum Gasteiger partial charge on any atom is 0.225 e. The van der Waals surface area contributed by atoms with Crippen LogP contribution in [0.1, 0.15) is 0 Å². The van der Waals surface area contributed by atoms with Crippen molar-refractivity contribution in [3.63, 3.8) is 0 Å². The SMILES string of the molecule is Nc1nc(N)nc(-c2ccc(N)c(Cl)c2)n1. The maximum atomic E-state index is 5.88. The largest absolute Gasteiger partial charge is 0.398 e. The molecule has 7 heteroatoms. The Labute approximate surface area is 96.5 Å². The highest BCUT2D eigenvalue weighted by atomic mass is 35.5. The number of anilines is 3. The first-order valence-corrected chi connectivity index (χ1v) is 4.76. The predicted molar refractivity (Wildman–Crippen MR) is 63.5 cm³/mol. The van der Waals surface area contributed by atoms with Crippen LogP contribution >= 0.6 is 11.6 Å². The van der Waals surface area contributed by atoms with Crippen LogP contribution in [0.3, 0.4) is 0 Å². The monoisotopic (exact) mass is 236 g/mol. The molecule has 0 bridgehead atoms. The maximum absolute atomic E-state index is 5.88. The molecule has 82 valence electrons. The lowest BCUT2D eigenvalue weighted by Crippen LogP contribution is -2.04. The smallest absolute Gasteiger partial charge is 0.225 e. The Morgan fingerprint density at radius 2 is 1.56 bits per heavy atom. The van der Waals surface area contributed by atoms with E-state index in [-0.39, 0.29) is 11.9 Å². The van der Waals surface area contributed by atoms with E-state index in [2.05, 4.69) is 15.0 Å². The van der Waals surface area contributed by atoms with Crippen LogP contribution in [-0.4, -0.2) is 15.0 Å². The van der Waals surface area contributed by atoms with E-state index >= 15 is 0 Å². The number of rotatable bonds is 1. The van der Waals surface area contributed by atoms with Gasteiger partial charge in [0.2, 0.25) is 11.9 Å². The molecule has 1 heterocycles. The predicted octanol–water partition coefficient (Wildman–Crippen LogP) is 0.939. The van der Waals surface area contributed by atoms with E-state index in [1.54, 1.807) is 18.2 Å². The van der Waals surface area contributed by atoms with Gasteiger partial charge in [0.25, 0.3) is 0 Å². The summed E-state index contributed by atoms with van der Waals surface area (Å²) in [6.45, 7) is 0. The molecule has 0 spiro atoms. The Hall–Kier alpha value is -2.08. The first-order chi connectivity index (χ1) is 7.56. The summed E-state index contributed by atoms with van der Waals surface area (Å²) in [6.07, 6.45) is 0. The first kappa shape index (κ1) is 10.4. The van der Waals surface area contributed by atoms with Crippen molar-refractivity contribution >= 4 is 29.2 Å². The summed E-state index contributed by atoms with van der Waals surface area (Å²) < 4.78 is 0. The number of nitrogens with two attached hydrogens (primary N) is 3. The lowest BCUT2D eigenvalue weighted by Gasteiger charge is -2.04. The topological polar surface area (TPSA) is 117 Å². The van der Waals surface area contributed by atoms with Gasteiger partial charge in [0.1, 0.15) is 0 Å². The highest BCUT2D eigenvalue weighted by Crippen LogP contribution is 2.25. The van der Waals surface area contributed by atoms with Gasteiger partial charge in [-0.2, -0.15) is 15.0 Å². The van der Waals surface area contributed by atoms with Gasteiger partial charge < -0.3 is 17.2 Å². The van der Waals surface area contributed by atoms with Crippen molar-refractivity contribution in [2.45, 2.75) is 0 Å². The zero-order valence-electron chi connectivity index (χ0n) is 8.18. The first-order valence-electron chi connectivity index (χ1n) is 4.38. The summed E-state index contributed by atoms with van der Waals surface area (Å²) in [5, 5.41) is 0.426. The molecule has 0 radical (unpaired) electrons. The average molecular weight is 237 g/mol. The summed E-state index contributed by atoms with van der Waals surface area (Å²) in [7, 11) is 0. The summed E-state index contributed by atoms with van der Waals surface area (Å²) in [4.78, 5) is 11.6. The van der Waals surface area contributed by atoms with Gasteiger partial charge in [0.15, 0.2) is 5.82 Å². The highest BCUT2D eigenvalue weighted by Gasteiger charge is 2.06. The fourth-order valence-electron chi connectivity index (χ4n) is 1.20. The minimum Gasteiger partial charge on any atom is -0.398 e. The van der Waals surface area contributed by atoms with Crippen molar-refractivity contribution in [1.29, 1.82) is 0 Å². The third kappa shape index (κ3) is 1.96. The fraction of sp³-hybridized carbons (Fsp3) is 0. The van der Waals surface area contributed by atoms with Gasteiger partial charge in [-0.3, -0.25) is 0 Å². The molecule has 1 aromatic heterocycles. The number of hydrogen-bond donors (Lipinski definition) is 3. The number of hydrogen-bond acceptors (Lipinski definition) is 6. The molecule has 2 rings (SSSR count). The summed E-state index contributed by atoms with van der Waals surface area (Å²) in [5.41, 5.74) is 17.7. The number of halogens is 1. The van der Waals surface area contributed by atoms with Crippen molar-refractivity contribution in [3.05, 3.63) is 23.2 Å². The van der Waals surface area contributed by atoms with E-state index in [1.165, 1.54) is 0 Å². The Kier molecular flexibility index (Phi) is 2.49.